The highest BCUT2D eigenvalue weighted by atomic mass is 19.1. The number of benzene rings is 1. The molecule has 5 heteroatoms. The van der Waals surface area contributed by atoms with Crippen LogP contribution in [0.15, 0.2) is 24.4 Å². The minimum absolute atomic E-state index is 0.248. The van der Waals surface area contributed by atoms with Crippen LogP contribution >= 0.6 is 0 Å². The molecule has 0 aliphatic heterocycles. The van der Waals surface area contributed by atoms with Gasteiger partial charge in [0, 0.05) is 24.7 Å². The lowest BCUT2D eigenvalue weighted by molar-refractivity contribution is 0.570. The summed E-state index contributed by atoms with van der Waals surface area (Å²) in [6.45, 7) is 1.86. The predicted octanol–water partition coefficient (Wildman–Crippen LogP) is 3.11. The second-order valence-electron chi connectivity index (χ2n) is 4.35. The number of aryl methyl sites for hydroxylation is 1. The van der Waals surface area contributed by atoms with Crippen LogP contribution in [0.2, 0.25) is 0 Å². The second-order valence-corrected chi connectivity index (χ2v) is 4.35. The smallest absolute Gasteiger partial charge is 0.166 e. The van der Waals surface area contributed by atoms with Crippen molar-refractivity contribution in [1.82, 2.24) is 9.78 Å². The third kappa shape index (κ3) is 2.48. The zero-order valence-electron chi connectivity index (χ0n) is 10.7. The molecule has 0 aliphatic carbocycles. The molecule has 1 aromatic carbocycles. The van der Waals surface area contributed by atoms with Crippen LogP contribution in [0.1, 0.15) is 36.1 Å². The van der Waals surface area contributed by atoms with E-state index in [0.717, 1.165) is 12.1 Å². The first-order valence-corrected chi connectivity index (χ1v) is 5.95. The van der Waals surface area contributed by atoms with Gasteiger partial charge in [0.1, 0.15) is 17.7 Å². The molecule has 0 aliphatic rings. The first kappa shape index (κ1) is 13.2. The number of halogens is 2. The van der Waals surface area contributed by atoms with E-state index in [0.29, 0.717) is 12.0 Å². The summed E-state index contributed by atoms with van der Waals surface area (Å²) in [6, 6.07) is 5.36. The van der Waals surface area contributed by atoms with Gasteiger partial charge in [-0.1, -0.05) is 6.92 Å². The Balaban J connectivity index is 2.56. The standard InChI is InChI=1S/C14H13F2N3/c1-3-10(11-6-9(15)4-5-13(11)16)12-8-19(2)18-14(12)7-17/h4-6,8,10H,3H2,1-2H3/t10-/m1/s1. The fourth-order valence-electron chi connectivity index (χ4n) is 2.24. The van der Waals surface area contributed by atoms with E-state index in [4.69, 9.17) is 5.26 Å². The Morgan fingerprint density at radius 1 is 1.37 bits per heavy atom. The SMILES string of the molecule is CC[C@H](c1cc(F)ccc1F)c1cn(C)nc1C#N. The van der Waals surface area contributed by atoms with Crippen molar-refractivity contribution in [2.75, 3.05) is 0 Å². The molecule has 0 N–H and O–H groups in total. The molecule has 1 atom stereocenters. The summed E-state index contributed by atoms with van der Waals surface area (Å²) >= 11 is 0. The maximum Gasteiger partial charge on any atom is 0.166 e. The van der Waals surface area contributed by atoms with Crippen LogP contribution in [0.4, 0.5) is 8.78 Å². The minimum atomic E-state index is -0.489. The largest absolute Gasteiger partial charge is 0.274 e. The summed E-state index contributed by atoms with van der Waals surface area (Å²) < 4.78 is 28.7. The van der Waals surface area contributed by atoms with Gasteiger partial charge in [-0.2, -0.15) is 10.4 Å². The van der Waals surface area contributed by atoms with Gasteiger partial charge in [-0.25, -0.2) is 8.78 Å². The van der Waals surface area contributed by atoms with Gasteiger partial charge in [-0.3, -0.25) is 4.68 Å². The molecular formula is C14H13F2N3. The molecule has 98 valence electrons. The predicted molar refractivity (Wildman–Crippen MR) is 66.4 cm³/mol. The summed E-state index contributed by atoms with van der Waals surface area (Å²) in [5, 5.41) is 13.1. The van der Waals surface area contributed by atoms with E-state index in [2.05, 4.69) is 5.10 Å². The van der Waals surface area contributed by atoms with Gasteiger partial charge in [0.15, 0.2) is 5.69 Å². The molecule has 0 fully saturated rings. The van der Waals surface area contributed by atoms with Gasteiger partial charge < -0.3 is 0 Å². The van der Waals surface area contributed by atoms with E-state index >= 15 is 0 Å². The number of nitrogens with zero attached hydrogens (tertiary/aromatic N) is 3. The minimum Gasteiger partial charge on any atom is -0.274 e. The summed E-state index contributed by atoms with van der Waals surface area (Å²) in [4.78, 5) is 0. The van der Waals surface area contributed by atoms with Gasteiger partial charge in [0.25, 0.3) is 0 Å². The van der Waals surface area contributed by atoms with Crippen LogP contribution in [0.25, 0.3) is 0 Å². The van der Waals surface area contributed by atoms with Crippen LogP contribution in [0.3, 0.4) is 0 Å². The molecule has 0 amide bonds. The van der Waals surface area contributed by atoms with Crippen molar-refractivity contribution in [2.24, 2.45) is 7.05 Å². The van der Waals surface area contributed by atoms with E-state index in [9.17, 15) is 8.78 Å². The summed E-state index contributed by atoms with van der Waals surface area (Å²) in [6.07, 6.45) is 2.23. The Bertz CT molecular complexity index is 639. The zero-order valence-corrected chi connectivity index (χ0v) is 10.7. The Kier molecular flexibility index (Phi) is 3.61. The molecule has 0 bridgehead atoms. The molecule has 0 radical (unpaired) electrons. The maximum atomic E-state index is 13.9. The van der Waals surface area contributed by atoms with Crippen LogP contribution < -0.4 is 0 Å². The third-order valence-electron chi connectivity index (χ3n) is 3.08. The molecule has 3 nitrogen and oxygen atoms in total. The van der Waals surface area contributed by atoms with Crippen LogP contribution in [-0.2, 0) is 7.05 Å². The van der Waals surface area contributed by atoms with E-state index < -0.39 is 11.6 Å². The van der Waals surface area contributed by atoms with Gasteiger partial charge in [-0.15, -0.1) is 0 Å². The number of nitriles is 1. The quantitative estimate of drug-likeness (QED) is 0.851. The lowest BCUT2D eigenvalue weighted by atomic mass is 9.89. The Hall–Kier alpha value is -2.22. The van der Waals surface area contributed by atoms with Crippen LogP contribution in [0, 0.1) is 23.0 Å². The Morgan fingerprint density at radius 3 is 2.74 bits per heavy atom. The van der Waals surface area contributed by atoms with E-state index in [1.807, 2.05) is 13.0 Å². The van der Waals surface area contributed by atoms with Gasteiger partial charge in [-0.05, 0) is 30.2 Å². The average molecular weight is 261 g/mol. The lowest BCUT2D eigenvalue weighted by Crippen LogP contribution is -2.04. The monoisotopic (exact) mass is 261 g/mol. The van der Waals surface area contributed by atoms with E-state index in [-0.39, 0.29) is 17.2 Å². The van der Waals surface area contributed by atoms with Crippen molar-refractivity contribution in [2.45, 2.75) is 19.3 Å². The van der Waals surface area contributed by atoms with Crippen LogP contribution in [0.5, 0.6) is 0 Å². The third-order valence-corrected chi connectivity index (χ3v) is 3.08. The van der Waals surface area contributed by atoms with Crippen molar-refractivity contribution >= 4 is 0 Å². The molecule has 19 heavy (non-hydrogen) atoms. The molecule has 0 unspecified atom stereocenters. The molecule has 0 saturated heterocycles. The summed E-state index contributed by atoms with van der Waals surface area (Å²) in [5.41, 5.74) is 1.13. The fraction of sp³-hybridized carbons (Fsp3) is 0.286. The second kappa shape index (κ2) is 5.19. The number of aromatic nitrogens is 2. The topological polar surface area (TPSA) is 41.6 Å². The van der Waals surface area contributed by atoms with E-state index in [1.54, 1.807) is 13.2 Å². The van der Waals surface area contributed by atoms with Crippen molar-refractivity contribution in [3.05, 3.63) is 52.9 Å². The fourth-order valence-corrected chi connectivity index (χ4v) is 2.24. The lowest BCUT2D eigenvalue weighted by Gasteiger charge is -2.15. The summed E-state index contributed by atoms with van der Waals surface area (Å²) in [5.74, 6) is -1.34. The van der Waals surface area contributed by atoms with Crippen molar-refractivity contribution in [1.29, 1.82) is 5.26 Å². The van der Waals surface area contributed by atoms with Gasteiger partial charge in [0.2, 0.25) is 0 Å². The first-order valence-electron chi connectivity index (χ1n) is 5.95. The van der Waals surface area contributed by atoms with Crippen molar-refractivity contribution in [3.8, 4) is 6.07 Å². The maximum absolute atomic E-state index is 13.9. The average Bonchev–Trinajstić information content (AvgIpc) is 2.76. The Morgan fingerprint density at radius 2 is 2.11 bits per heavy atom. The highest BCUT2D eigenvalue weighted by molar-refractivity contribution is 5.39. The number of rotatable bonds is 3. The highest BCUT2D eigenvalue weighted by Crippen LogP contribution is 2.31. The molecule has 2 rings (SSSR count). The molecule has 0 saturated carbocycles. The normalized spacial score (nSPS) is 12.2. The highest BCUT2D eigenvalue weighted by Gasteiger charge is 2.22. The number of hydrogen-bond acceptors (Lipinski definition) is 2. The molecular weight excluding hydrogens is 248 g/mol. The van der Waals surface area contributed by atoms with Gasteiger partial charge >= 0.3 is 0 Å². The molecule has 2 aromatic rings. The Labute approximate surface area is 110 Å². The first-order chi connectivity index (χ1) is 9.06. The van der Waals surface area contributed by atoms with Crippen molar-refractivity contribution < 1.29 is 8.78 Å². The van der Waals surface area contributed by atoms with Crippen LogP contribution in [-0.4, -0.2) is 9.78 Å². The molecule has 1 heterocycles. The molecule has 1 aromatic heterocycles. The molecule has 0 spiro atoms. The zero-order chi connectivity index (χ0) is 14.0. The number of hydrogen-bond donors (Lipinski definition) is 0. The van der Waals surface area contributed by atoms with Crippen molar-refractivity contribution in [3.63, 3.8) is 0 Å². The van der Waals surface area contributed by atoms with Gasteiger partial charge in [0.05, 0.1) is 0 Å². The summed E-state index contributed by atoms with van der Waals surface area (Å²) in [7, 11) is 1.69. The van der Waals surface area contributed by atoms with E-state index in [1.165, 1.54) is 10.7 Å².